The second-order valence-corrected chi connectivity index (χ2v) is 7.39. The Labute approximate surface area is 169 Å². The molecule has 4 rings (SSSR count). The highest BCUT2D eigenvalue weighted by Crippen LogP contribution is 2.22. The molecular weight excluding hydrogens is 364 g/mol. The minimum Gasteiger partial charge on any atom is -0.361 e. The Morgan fingerprint density at radius 2 is 2.00 bits per heavy atom. The molecule has 0 fully saturated rings. The Kier molecular flexibility index (Phi) is 4.80. The number of H-pyrrole nitrogens is 1. The quantitative estimate of drug-likeness (QED) is 0.533. The van der Waals surface area contributed by atoms with E-state index >= 15 is 0 Å². The molecule has 148 valence electrons. The molecule has 0 saturated carbocycles. The van der Waals surface area contributed by atoms with E-state index in [-0.39, 0.29) is 5.91 Å². The zero-order valence-corrected chi connectivity index (χ0v) is 17.0. The smallest absolute Gasteiger partial charge is 0.246 e. The SMILES string of the molecule is CN(Cc1cc2ccccc2n1C)C(=O)C=Cc1cnc2[nH]nc(N(C)C)c2c1. The molecule has 0 bridgehead atoms. The van der Waals surface area contributed by atoms with E-state index in [1.54, 1.807) is 23.2 Å². The normalized spacial score (nSPS) is 11.6. The van der Waals surface area contributed by atoms with E-state index in [9.17, 15) is 4.79 Å². The van der Waals surface area contributed by atoms with Gasteiger partial charge in [0, 0.05) is 51.7 Å². The summed E-state index contributed by atoms with van der Waals surface area (Å²) in [6.45, 7) is 0.540. The van der Waals surface area contributed by atoms with Crippen molar-refractivity contribution in [2.45, 2.75) is 6.54 Å². The molecule has 29 heavy (non-hydrogen) atoms. The average molecular weight is 388 g/mol. The summed E-state index contributed by atoms with van der Waals surface area (Å²) in [4.78, 5) is 20.6. The van der Waals surface area contributed by atoms with Gasteiger partial charge in [-0.3, -0.25) is 9.89 Å². The van der Waals surface area contributed by atoms with Gasteiger partial charge in [0.1, 0.15) is 0 Å². The van der Waals surface area contributed by atoms with E-state index in [2.05, 4.69) is 37.9 Å². The number of hydrogen-bond acceptors (Lipinski definition) is 4. The molecule has 3 heterocycles. The van der Waals surface area contributed by atoms with Crippen molar-refractivity contribution in [3.8, 4) is 0 Å². The number of nitrogens with one attached hydrogen (secondary N) is 1. The van der Waals surface area contributed by atoms with Crippen molar-refractivity contribution in [3.05, 3.63) is 59.9 Å². The maximum Gasteiger partial charge on any atom is 0.246 e. The standard InChI is InChI=1S/C22H24N6O/c1-26(2)22-18-11-15(13-23-21(18)24-25-22)9-10-20(29)27(3)14-17-12-16-7-5-6-8-19(16)28(17)4/h5-13H,14H2,1-4H3,(H,23,24,25). The topological polar surface area (TPSA) is 70.0 Å². The number of amides is 1. The number of carbonyl (C=O) groups is 1. The fourth-order valence-corrected chi connectivity index (χ4v) is 3.45. The third-order valence-electron chi connectivity index (χ3n) is 5.09. The van der Waals surface area contributed by atoms with Gasteiger partial charge in [-0.05, 0) is 35.2 Å². The molecule has 7 nitrogen and oxygen atoms in total. The van der Waals surface area contributed by atoms with Crippen LogP contribution < -0.4 is 4.90 Å². The molecular formula is C22H24N6O. The third kappa shape index (κ3) is 3.59. The minimum absolute atomic E-state index is 0.0598. The van der Waals surface area contributed by atoms with Crippen molar-refractivity contribution >= 4 is 39.7 Å². The number of likely N-dealkylation sites (N-methyl/N-ethyl adjacent to an activating group) is 1. The molecule has 0 spiro atoms. The van der Waals surface area contributed by atoms with Crippen LogP contribution in [0.1, 0.15) is 11.3 Å². The van der Waals surface area contributed by atoms with E-state index in [0.29, 0.717) is 6.54 Å². The van der Waals surface area contributed by atoms with Crippen molar-refractivity contribution in [1.29, 1.82) is 0 Å². The average Bonchev–Trinajstić information content (AvgIpc) is 3.27. The number of aromatic nitrogens is 4. The van der Waals surface area contributed by atoms with E-state index in [1.807, 2.05) is 51.3 Å². The second kappa shape index (κ2) is 7.43. The first-order valence-electron chi connectivity index (χ1n) is 9.42. The van der Waals surface area contributed by atoms with E-state index < -0.39 is 0 Å². The molecule has 0 radical (unpaired) electrons. The van der Waals surface area contributed by atoms with Crippen LogP contribution in [0.4, 0.5) is 5.82 Å². The van der Waals surface area contributed by atoms with Crippen molar-refractivity contribution in [3.63, 3.8) is 0 Å². The van der Waals surface area contributed by atoms with Crippen LogP contribution in [0.3, 0.4) is 0 Å². The van der Waals surface area contributed by atoms with E-state index in [4.69, 9.17) is 0 Å². The van der Waals surface area contributed by atoms with Gasteiger partial charge in [0.2, 0.25) is 5.91 Å². The number of pyridine rings is 1. The first-order valence-corrected chi connectivity index (χ1v) is 9.42. The highest BCUT2D eigenvalue weighted by Gasteiger charge is 2.12. The number of fused-ring (bicyclic) bond motifs is 2. The molecule has 0 unspecified atom stereocenters. The van der Waals surface area contributed by atoms with Gasteiger partial charge in [-0.1, -0.05) is 18.2 Å². The molecule has 0 aliphatic heterocycles. The van der Waals surface area contributed by atoms with Gasteiger partial charge >= 0.3 is 0 Å². The highest BCUT2D eigenvalue weighted by atomic mass is 16.2. The van der Waals surface area contributed by atoms with Crippen LogP contribution in [0.25, 0.3) is 28.0 Å². The lowest BCUT2D eigenvalue weighted by atomic mass is 10.2. The molecule has 0 aliphatic rings. The number of rotatable bonds is 5. The van der Waals surface area contributed by atoms with Gasteiger partial charge in [0.25, 0.3) is 0 Å². The van der Waals surface area contributed by atoms with Crippen molar-refractivity contribution in [1.82, 2.24) is 24.6 Å². The molecule has 1 aromatic carbocycles. The summed E-state index contributed by atoms with van der Waals surface area (Å²) < 4.78 is 2.13. The molecule has 1 N–H and O–H groups in total. The Morgan fingerprint density at radius 1 is 1.21 bits per heavy atom. The van der Waals surface area contributed by atoms with Gasteiger partial charge < -0.3 is 14.4 Å². The van der Waals surface area contributed by atoms with Crippen LogP contribution in [-0.2, 0) is 18.4 Å². The predicted octanol–water partition coefficient (Wildman–Crippen LogP) is 3.19. The monoisotopic (exact) mass is 388 g/mol. The summed E-state index contributed by atoms with van der Waals surface area (Å²) in [6.07, 6.45) is 5.10. The number of aromatic amines is 1. The molecule has 1 amide bonds. The van der Waals surface area contributed by atoms with Crippen molar-refractivity contribution in [2.75, 3.05) is 26.0 Å². The molecule has 7 heteroatoms. The zero-order valence-electron chi connectivity index (χ0n) is 17.0. The van der Waals surface area contributed by atoms with Crippen LogP contribution >= 0.6 is 0 Å². The first kappa shape index (κ1) is 18.7. The summed E-state index contributed by atoms with van der Waals surface area (Å²) >= 11 is 0. The minimum atomic E-state index is -0.0598. The Balaban J connectivity index is 1.50. The fraction of sp³-hybridized carbons (Fsp3) is 0.227. The van der Waals surface area contributed by atoms with Gasteiger partial charge in [-0.2, -0.15) is 5.10 Å². The van der Waals surface area contributed by atoms with Crippen LogP contribution in [0.2, 0.25) is 0 Å². The van der Waals surface area contributed by atoms with Crippen molar-refractivity contribution < 1.29 is 4.79 Å². The van der Waals surface area contributed by atoms with Gasteiger partial charge in [-0.25, -0.2) is 4.98 Å². The number of anilines is 1. The maximum absolute atomic E-state index is 12.6. The lowest BCUT2D eigenvalue weighted by Crippen LogP contribution is -2.25. The van der Waals surface area contributed by atoms with E-state index in [0.717, 1.165) is 33.6 Å². The van der Waals surface area contributed by atoms with Crippen LogP contribution in [0.5, 0.6) is 0 Å². The zero-order chi connectivity index (χ0) is 20.5. The van der Waals surface area contributed by atoms with Crippen molar-refractivity contribution in [2.24, 2.45) is 7.05 Å². The third-order valence-corrected chi connectivity index (χ3v) is 5.09. The highest BCUT2D eigenvalue weighted by molar-refractivity contribution is 5.93. The lowest BCUT2D eigenvalue weighted by molar-refractivity contribution is -0.125. The summed E-state index contributed by atoms with van der Waals surface area (Å²) in [5, 5.41) is 9.29. The Morgan fingerprint density at radius 3 is 2.76 bits per heavy atom. The summed E-state index contributed by atoms with van der Waals surface area (Å²) in [5.74, 6) is 0.761. The van der Waals surface area contributed by atoms with Gasteiger partial charge in [0.15, 0.2) is 11.5 Å². The van der Waals surface area contributed by atoms with Crippen LogP contribution in [0.15, 0.2) is 48.7 Å². The maximum atomic E-state index is 12.6. The molecule has 0 aliphatic carbocycles. The Bertz CT molecular complexity index is 1220. The predicted molar refractivity (Wildman–Crippen MR) is 117 cm³/mol. The number of para-hydroxylation sites is 1. The number of carbonyl (C=O) groups excluding carboxylic acids is 1. The second-order valence-electron chi connectivity index (χ2n) is 7.39. The van der Waals surface area contributed by atoms with Gasteiger partial charge in [-0.15, -0.1) is 0 Å². The molecule has 0 saturated heterocycles. The summed E-state index contributed by atoms with van der Waals surface area (Å²) in [5.41, 5.74) is 3.83. The number of hydrogen-bond donors (Lipinski definition) is 1. The van der Waals surface area contributed by atoms with Gasteiger partial charge in [0.05, 0.1) is 11.9 Å². The number of benzene rings is 1. The molecule has 0 atom stereocenters. The first-order chi connectivity index (χ1) is 13.9. The lowest BCUT2D eigenvalue weighted by Gasteiger charge is -2.15. The number of aryl methyl sites for hydroxylation is 1. The number of nitrogens with zero attached hydrogens (tertiary/aromatic N) is 5. The van der Waals surface area contributed by atoms with Crippen LogP contribution in [0, 0.1) is 0 Å². The van der Waals surface area contributed by atoms with Crippen LogP contribution in [-0.4, -0.2) is 51.7 Å². The fourth-order valence-electron chi connectivity index (χ4n) is 3.45. The molecule has 4 aromatic rings. The Hall–Kier alpha value is -3.61. The summed E-state index contributed by atoms with van der Waals surface area (Å²) in [7, 11) is 7.71. The largest absolute Gasteiger partial charge is 0.361 e. The van der Waals surface area contributed by atoms with E-state index in [1.165, 1.54) is 5.39 Å². The molecule has 3 aromatic heterocycles. The summed E-state index contributed by atoms with van der Waals surface area (Å²) in [6, 6.07) is 12.3.